The van der Waals surface area contributed by atoms with Gasteiger partial charge in [0.2, 0.25) is 5.95 Å². The SMILES string of the molecule is Nc1nc2ccccc2n1[C@H]1CCC[C@H](O)C1. The Balaban J connectivity index is 2.06. The molecule has 2 atom stereocenters. The Morgan fingerprint density at radius 2 is 2.12 bits per heavy atom. The Morgan fingerprint density at radius 1 is 1.29 bits per heavy atom. The fraction of sp³-hybridized carbons (Fsp3) is 0.462. The molecule has 1 saturated carbocycles. The molecule has 0 saturated heterocycles. The van der Waals surface area contributed by atoms with Gasteiger partial charge < -0.3 is 15.4 Å². The monoisotopic (exact) mass is 231 g/mol. The van der Waals surface area contributed by atoms with Crippen molar-refractivity contribution in [3.8, 4) is 0 Å². The van der Waals surface area contributed by atoms with Crippen molar-refractivity contribution >= 4 is 17.0 Å². The molecule has 0 spiro atoms. The Kier molecular flexibility index (Phi) is 2.52. The molecule has 1 aliphatic carbocycles. The molecule has 1 heterocycles. The lowest BCUT2D eigenvalue weighted by Gasteiger charge is -2.28. The maximum atomic E-state index is 9.77. The van der Waals surface area contributed by atoms with Crippen LogP contribution >= 0.6 is 0 Å². The molecule has 0 radical (unpaired) electrons. The van der Waals surface area contributed by atoms with Crippen LogP contribution in [0.2, 0.25) is 0 Å². The summed E-state index contributed by atoms with van der Waals surface area (Å²) in [6.07, 6.45) is 3.61. The van der Waals surface area contributed by atoms with Crippen molar-refractivity contribution in [2.45, 2.75) is 37.8 Å². The fourth-order valence-corrected chi connectivity index (χ4v) is 2.82. The summed E-state index contributed by atoms with van der Waals surface area (Å²) in [4.78, 5) is 4.37. The van der Waals surface area contributed by atoms with Crippen LogP contribution in [-0.4, -0.2) is 20.8 Å². The minimum Gasteiger partial charge on any atom is -0.393 e. The summed E-state index contributed by atoms with van der Waals surface area (Å²) in [5.41, 5.74) is 8.01. The van der Waals surface area contributed by atoms with E-state index in [1.165, 1.54) is 0 Å². The van der Waals surface area contributed by atoms with Crippen LogP contribution < -0.4 is 5.73 Å². The summed E-state index contributed by atoms with van der Waals surface area (Å²) in [7, 11) is 0. The molecule has 90 valence electrons. The van der Waals surface area contributed by atoms with Crippen molar-refractivity contribution < 1.29 is 5.11 Å². The van der Waals surface area contributed by atoms with Gasteiger partial charge in [-0.1, -0.05) is 12.1 Å². The predicted molar refractivity (Wildman–Crippen MR) is 67.7 cm³/mol. The van der Waals surface area contributed by atoms with E-state index in [9.17, 15) is 5.11 Å². The summed E-state index contributed by atoms with van der Waals surface area (Å²) in [6.45, 7) is 0. The number of anilines is 1. The number of aliphatic hydroxyl groups excluding tert-OH is 1. The standard InChI is InChI=1S/C13H17N3O/c14-13-15-11-6-1-2-7-12(11)16(13)9-4-3-5-10(17)8-9/h1-2,6-7,9-10,17H,3-5,8H2,(H2,14,15)/t9-,10-/m0/s1. The zero-order valence-corrected chi connectivity index (χ0v) is 9.71. The van der Waals surface area contributed by atoms with Gasteiger partial charge in [0.25, 0.3) is 0 Å². The Hall–Kier alpha value is -1.55. The molecule has 3 N–H and O–H groups in total. The number of aliphatic hydroxyl groups is 1. The fourth-order valence-electron chi connectivity index (χ4n) is 2.82. The van der Waals surface area contributed by atoms with Crippen LogP contribution in [0.5, 0.6) is 0 Å². The van der Waals surface area contributed by atoms with Crippen LogP contribution in [0.3, 0.4) is 0 Å². The Bertz CT molecular complexity index is 534. The van der Waals surface area contributed by atoms with Crippen LogP contribution in [-0.2, 0) is 0 Å². The molecule has 0 amide bonds. The predicted octanol–water partition coefficient (Wildman–Crippen LogP) is 2.09. The quantitative estimate of drug-likeness (QED) is 0.790. The molecule has 4 nitrogen and oxygen atoms in total. The van der Waals surface area contributed by atoms with Gasteiger partial charge in [-0.15, -0.1) is 0 Å². The van der Waals surface area contributed by atoms with E-state index in [2.05, 4.69) is 9.55 Å². The number of nitrogens with zero attached hydrogens (tertiary/aromatic N) is 2. The molecule has 17 heavy (non-hydrogen) atoms. The van der Waals surface area contributed by atoms with Crippen molar-refractivity contribution in [1.29, 1.82) is 0 Å². The number of aromatic nitrogens is 2. The molecule has 0 unspecified atom stereocenters. The smallest absolute Gasteiger partial charge is 0.201 e. The normalized spacial score (nSPS) is 25.2. The molecule has 1 aromatic heterocycles. The summed E-state index contributed by atoms with van der Waals surface area (Å²) in [5, 5.41) is 9.77. The third-order valence-corrected chi connectivity index (χ3v) is 3.61. The Morgan fingerprint density at radius 3 is 2.94 bits per heavy atom. The van der Waals surface area contributed by atoms with E-state index >= 15 is 0 Å². The van der Waals surface area contributed by atoms with E-state index in [-0.39, 0.29) is 12.1 Å². The molecule has 1 fully saturated rings. The number of hydrogen-bond acceptors (Lipinski definition) is 3. The zero-order chi connectivity index (χ0) is 11.8. The second-order valence-corrected chi connectivity index (χ2v) is 4.80. The van der Waals surface area contributed by atoms with Crippen molar-refractivity contribution in [3.63, 3.8) is 0 Å². The molecule has 0 aliphatic heterocycles. The molecule has 4 heteroatoms. The minimum absolute atomic E-state index is 0.200. The second kappa shape index (κ2) is 4.04. The van der Waals surface area contributed by atoms with Crippen LogP contribution in [0.1, 0.15) is 31.7 Å². The number of para-hydroxylation sites is 2. The van der Waals surface area contributed by atoms with Crippen LogP contribution in [0.25, 0.3) is 11.0 Å². The van der Waals surface area contributed by atoms with Gasteiger partial charge in [0.1, 0.15) is 0 Å². The van der Waals surface area contributed by atoms with Crippen molar-refractivity contribution in [2.75, 3.05) is 5.73 Å². The van der Waals surface area contributed by atoms with Gasteiger partial charge in [0.15, 0.2) is 0 Å². The summed E-state index contributed by atoms with van der Waals surface area (Å²) < 4.78 is 2.08. The highest BCUT2D eigenvalue weighted by atomic mass is 16.3. The number of nitrogen functional groups attached to an aromatic ring is 1. The third-order valence-electron chi connectivity index (χ3n) is 3.61. The van der Waals surface area contributed by atoms with E-state index in [0.717, 1.165) is 36.7 Å². The van der Waals surface area contributed by atoms with Gasteiger partial charge in [-0.2, -0.15) is 0 Å². The number of hydrogen-bond donors (Lipinski definition) is 2. The average Bonchev–Trinajstić information content (AvgIpc) is 2.64. The molecular formula is C13H17N3O. The Labute approximate surface area is 100 Å². The van der Waals surface area contributed by atoms with Gasteiger partial charge in [0, 0.05) is 6.04 Å². The lowest BCUT2D eigenvalue weighted by Crippen LogP contribution is -2.23. The highest BCUT2D eigenvalue weighted by molar-refractivity contribution is 5.78. The van der Waals surface area contributed by atoms with Gasteiger partial charge in [-0.3, -0.25) is 0 Å². The summed E-state index contributed by atoms with van der Waals surface area (Å²) in [6, 6.07) is 8.26. The number of benzene rings is 1. The maximum absolute atomic E-state index is 9.77. The van der Waals surface area contributed by atoms with Crippen LogP contribution in [0, 0.1) is 0 Å². The van der Waals surface area contributed by atoms with Gasteiger partial charge >= 0.3 is 0 Å². The maximum Gasteiger partial charge on any atom is 0.201 e. The van der Waals surface area contributed by atoms with Crippen molar-refractivity contribution in [2.24, 2.45) is 0 Å². The average molecular weight is 231 g/mol. The van der Waals surface area contributed by atoms with E-state index in [4.69, 9.17) is 5.73 Å². The highest BCUT2D eigenvalue weighted by Crippen LogP contribution is 2.33. The van der Waals surface area contributed by atoms with E-state index < -0.39 is 0 Å². The van der Waals surface area contributed by atoms with Crippen molar-refractivity contribution in [1.82, 2.24) is 9.55 Å². The van der Waals surface area contributed by atoms with Crippen LogP contribution in [0.15, 0.2) is 24.3 Å². The molecular weight excluding hydrogens is 214 g/mol. The summed E-state index contributed by atoms with van der Waals surface area (Å²) in [5.74, 6) is 0.560. The first-order valence-electron chi connectivity index (χ1n) is 6.16. The first-order chi connectivity index (χ1) is 8.25. The van der Waals surface area contributed by atoms with E-state index in [0.29, 0.717) is 5.95 Å². The van der Waals surface area contributed by atoms with E-state index in [1.807, 2.05) is 24.3 Å². The largest absolute Gasteiger partial charge is 0.393 e. The van der Waals surface area contributed by atoms with Gasteiger partial charge in [0.05, 0.1) is 17.1 Å². The second-order valence-electron chi connectivity index (χ2n) is 4.80. The number of nitrogens with two attached hydrogens (primary N) is 1. The number of imidazole rings is 1. The van der Waals surface area contributed by atoms with Crippen molar-refractivity contribution in [3.05, 3.63) is 24.3 Å². The van der Waals surface area contributed by atoms with Gasteiger partial charge in [-0.25, -0.2) is 4.98 Å². The molecule has 1 aliphatic rings. The first kappa shape index (κ1) is 10.6. The molecule has 0 bridgehead atoms. The topological polar surface area (TPSA) is 64.1 Å². The van der Waals surface area contributed by atoms with E-state index in [1.54, 1.807) is 0 Å². The molecule has 2 aromatic rings. The molecule has 3 rings (SSSR count). The summed E-state index contributed by atoms with van der Waals surface area (Å²) >= 11 is 0. The zero-order valence-electron chi connectivity index (χ0n) is 9.71. The number of rotatable bonds is 1. The minimum atomic E-state index is -0.200. The highest BCUT2D eigenvalue weighted by Gasteiger charge is 2.24. The molecule has 1 aromatic carbocycles. The lowest BCUT2D eigenvalue weighted by molar-refractivity contribution is 0.105. The van der Waals surface area contributed by atoms with Gasteiger partial charge in [-0.05, 0) is 37.8 Å². The first-order valence-corrected chi connectivity index (χ1v) is 6.16. The van der Waals surface area contributed by atoms with Crippen LogP contribution in [0.4, 0.5) is 5.95 Å². The number of fused-ring (bicyclic) bond motifs is 1. The lowest BCUT2D eigenvalue weighted by atomic mass is 9.93. The third kappa shape index (κ3) is 1.78.